The third-order valence-electron chi connectivity index (χ3n) is 8.87. The molecule has 5 rings (SSSR count). The maximum absolute atomic E-state index is 5.51. The summed E-state index contributed by atoms with van der Waals surface area (Å²) in [6.45, 7) is 10.9. The minimum atomic E-state index is 0.397. The van der Waals surface area contributed by atoms with Crippen LogP contribution >= 0.6 is 0 Å². The maximum Gasteiger partial charge on any atom is 0.0427 e. The van der Waals surface area contributed by atoms with Gasteiger partial charge in [0.25, 0.3) is 0 Å². The Bertz CT molecular complexity index is 1420. The summed E-state index contributed by atoms with van der Waals surface area (Å²) in [7, 11) is 0. The van der Waals surface area contributed by atoms with Crippen LogP contribution in [0.15, 0.2) is 115 Å². The first-order valence-corrected chi connectivity index (χ1v) is 14.8. The molecule has 1 unspecified atom stereocenters. The van der Waals surface area contributed by atoms with Gasteiger partial charge in [0.1, 0.15) is 0 Å². The molecular formula is C39H41N. The van der Waals surface area contributed by atoms with Gasteiger partial charge in [0, 0.05) is 23.4 Å². The van der Waals surface area contributed by atoms with E-state index >= 15 is 0 Å². The number of hydrogen-bond acceptors (Lipinski definition) is 1. The summed E-state index contributed by atoms with van der Waals surface area (Å²) < 4.78 is 0. The molecule has 2 aliphatic rings. The number of pyridine rings is 1. The van der Waals surface area contributed by atoms with Crippen LogP contribution in [-0.2, 0) is 12.8 Å². The number of hydrogen-bond donors (Lipinski definition) is 0. The highest BCUT2D eigenvalue weighted by Gasteiger charge is 2.30. The molecule has 1 fully saturated rings. The Labute approximate surface area is 241 Å². The van der Waals surface area contributed by atoms with Gasteiger partial charge in [-0.05, 0) is 110 Å². The van der Waals surface area contributed by atoms with E-state index < -0.39 is 0 Å². The molecule has 2 aliphatic carbocycles. The molecule has 1 heteroatoms. The molecular weight excluding hydrogens is 482 g/mol. The topological polar surface area (TPSA) is 12.9 Å². The monoisotopic (exact) mass is 523 g/mol. The van der Waals surface area contributed by atoms with E-state index in [1.807, 2.05) is 12.3 Å². The van der Waals surface area contributed by atoms with E-state index in [9.17, 15) is 0 Å². The van der Waals surface area contributed by atoms with Crippen molar-refractivity contribution in [2.24, 2.45) is 11.8 Å². The normalized spacial score (nSPS) is 19.3. The lowest BCUT2D eigenvalue weighted by Gasteiger charge is -2.35. The van der Waals surface area contributed by atoms with Crippen LogP contribution < -0.4 is 0 Å². The Morgan fingerprint density at radius 1 is 0.975 bits per heavy atom. The van der Waals surface area contributed by atoms with Crippen LogP contribution in [0.25, 0.3) is 5.57 Å². The fourth-order valence-electron chi connectivity index (χ4n) is 6.53. The van der Waals surface area contributed by atoms with E-state index in [0.29, 0.717) is 17.8 Å². The second-order valence-electron chi connectivity index (χ2n) is 11.7. The van der Waals surface area contributed by atoms with Crippen LogP contribution in [0.4, 0.5) is 0 Å². The lowest BCUT2D eigenvalue weighted by atomic mass is 9.69. The Kier molecular flexibility index (Phi) is 8.98. The molecule has 0 radical (unpaired) electrons. The zero-order chi connectivity index (χ0) is 27.9. The second-order valence-corrected chi connectivity index (χ2v) is 11.7. The molecule has 202 valence electrons. The molecule has 0 saturated heterocycles. The average Bonchev–Trinajstić information content (AvgIpc) is 3.49. The largest absolute Gasteiger partial charge is 0.260 e. The number of aryl methyl sites for hydroxylation is 1. The zero-order valence-electron chi connectivity index (χ0n) is 23.9. The third kappa shape index (κ3) is 6.81. The lowest BCUT2D eigenvalue weighted by molar-refractivity contribution is 0.251. The van der Waals surface area contributed by atoms with E-state index in [0.717, 1.165) is 42.5 Å². The van der Waals surface area contributed by atoms with Gasteiger partial charge in [-0.15, -0.1) is 6.42 Å². The minimum absolute atomic E-state index is 0.397. The molecule has 1 atom stereocenters. The SMILES string of the molecule is C#Cc1ccc(CC2CCC(C(C(=C)CCc3ccccc3)c3ccc(C4=CC(C(=C)C)=CC4)cc3)CC2)nc1. The van der Waals surface area contributed by atoms with Crippen molar-refractivity contribution in [3.63, 3.8) is 0 Å². The van der Waals surface area contributed by atoms with E-state index in [1.165, 1.54) is 59.1 Å². The van der Waals surface area contributed by atoms with E-state index in [4.69, 9.17) is 13.0 Å². The smallest absolute Gasteiger partial charge is 0.0427 e. The highest BCUT2D eigenvalue weighted by atomic mass is 14.7. The number of allylic oxidation sites excluding steroid dienone is 6. The lowest BCUT2D eigenvalue weighted by Crippen LogP contribution is -2.23. The first-order chi connectivity index (χ1) is 19.5. The number of rotatable bonds is 10. The summed E-state index contributed by atoms with van der Waals surface area (Å²) in [5.74, 6) is 4.38. The molecule has 2 aromatic carbocycles. The fraction of sp³-hybridized carbons (Fsp3) is 0.308. The Balaban J connectivity index is 1.29. The van der Waals surface area contributed by atoms with E-state index in [-0.39, 0.29) is 0 Å². The summed E-state index contributed by atoms with van der Waals surface area (Å²) in [6, 6.07) is 24.3. The molecule has 0 amide bonds. The van der Waals surface area contributed by atoms with Crippen molar-refractivity contribution >= 4 is 5.57 Å². The molecule has 1 saturated carbocycles. The van der Waals surface area contributed by atoms with Crippen molar-refractivity contribution < 1.29 is 0 Å². The number of terminal acetylenes is 1. The van der Waals surface area contributed by atoms with Crippen molar-refractivity contribution in [3.05, 3.63) is 143 Å². The predicted octanol–water partition coefficient (Wildman–Crippen LogP) is 9.67. The number of benzene rings is 2. The molecule has 1 aromatic heterocycles. The summed E-state index contributed by atoms with van der Waals surface area (Å²) >= 11 is 0. The molecule has 40 heavy (non-hydrogen) atoms. The zero-order valence-corrected chi connectivity index (χ0v) is 23.9. The van der Waals surface area contributed by atoms with E-state index in [1.54, 1.807) is 0 Å². The Morgan fingerprint density at radius 3 is 2.35 bits per heavy atom. The van der Waals surface area contributed by atoms with Crippen LogP contribution in [0.1, 0.15) is 79.3 Å². The van der Waals surface area contributed by atoms with Crippen molar-refractivity contribution in [2.45, 2.75) is 64.2 Å². The van der Waals surface area contributed by atoms with Gasteiger partial charge in [0.15, 0.2) is 0 Å². The van der Waals surface area contributed by atoms with Crippen molar-refractivity contribution in [3.8, 4) is 12.3 Å². The van der Waals surface area contributed by atoms with Gasteiger partial charge in [0.05, 0.1) is 0 Å². The van der Waals surface area contributed by atoms with Crippen LogP contribution in [0.2, 0.25) is 0 Å². The standard InChI is InChI=1S/C39H41N/c1-5-30-15-24-38(40-27-30)25-32-13-16-34(17-14-32)39(29(4)11-12-31-9-7-6-8-10-31)35-20-18-33(19-21-35)37-23-22-36(26-37)28(2)3/h1,6-10,15,18-22,24,26-27,32,34,39H,2,4,11-14,16-17,23,25H2,3H3. The number of aromatic nitrogens is 1. The fourth-order valence-corrected chi connectivity index (χ4v) is 6.53. The molecule has 0 N–H and O–H groups in total. The first-order valence-electron chi connectivity index (χ1n) is 14.8. The summed E-state index contributed by atoms with van der Waals surface area (Å²) in [5.41, 5.74) is 11.3. The second kappa shape index (κ2) is 13.0. The van der Waals surface area contributed by atoms with Gasteiger partial charge in [-0.2, -0.15) is 0 Å². The number of nitrogens with zero attached hydrogens (tertiary/aromatic N) is 1. The van der Waals surface area contributed by atoms with E-state index in [2.05, 4.69) is 97.2 Å². The third-order valence-corrected chi connectivity index (χ3v) is 8.87. The summed E-state index contributed by atoms with van der Waals surface area (Å²) in [5, 5.41) is 0. The first kappa shape index (κ1) is 27.7. The Hall–Kier alpha value is -3.89. The quantitative estimate of drug-likeness (QED) is 0.190. The van der Waals surface area contributed by atoms with Gasteiger partial charge in [0.2, 0.25) is 0 Å². The molecule has 3 aromatic rings. The van der Waals surface area contributed by atoms with Gasteiger partial charge >= 0.3 is 0 Å². The Morgan fingerprint density at radius 2 is 1.73 bits per heavy atom. The highest BCUT2D eigenvalue weighted by molar-refractivity contribution is 5.74. The van der Waals surface area contributed by atoms with Crippen LogP contribution in [0.3, 0.4) is 0 Å². The summed E-state index contributed by atoms with van der Waals surface area (Å²) in [4.78, 5) is 4.61. The van der Waals surface area contributed by atoms with Crippen LogP contribution in [0, 0.1) is 24.2 Å². The molecule has 0 bridgehead atoms. The average molecular weight is 524 g/mol. The predicted molar refractivity (Wildman–Crippen MR) is 170 cm³/mol. The van der Waals surface area contributed by atoms with Crippen molar-refractivity contribution in [1.29, 1.82) is 0 Å². The molecule has 1 nitrogen and oxygen atoms in total. The molecule has 0 aliphatic heterocycles. The van der Waals surface area contributed by atoms with Gasteiger partial charge < -0.3 is 0 Å². The van der Waals surface area contributed by atoms with Crippen LogP contribution in [-0.4, -0.2) is 4.98 Å². The van der Waals surface area contributed by atoms with Gasteiger partial charge in [-0.1, -0.05) is 97.0 Å². The molecule has 0 spiro atoms. The highest BCUT2D eigenvalue weighted by Crippen LogP contribution is 2.44. The molecule has 1 heterocycles. The van der Waals surface area contributed by atoms with Crippen LogP contribution in [0.5, 0.6) is 0 Å². The maximum atomic E-state index is 5.51. The van der Waals surface area contributed by atoms with Gasteiger partial charge in [-0.25, -0.2) is 0 Å². The summed E-state index contributed by atoms with van der Waals surface area (Å²) in [6.07, 6.45) is 21.0. The van der Waals surface area contributed by atoms with Crippen molar-refractivity contribution in [1.82, 2.24) is 4.98 Å². The minimum Gasteiger partial charge on any atom is -0.260 e. The van der Waals surface area contributed by atoms with Gasteiger partial charge in [-0.3, -0.25) is 4.98 Å². The van der Waals surface area contributed by atoms with Crippen molar-refractivity contribution in [2.75, 3.05) is 0 Å².